The van der Waals surface area contributed by atoms with Gasteiger partial charge in [-0.15, -0.1) is 0 Å². The van der Waals surface area contributed by atoms with Gasteiger partial charge in [0.15, 0.2) is 5.65 Å². The highest BCUT2D eigenvalue weighted by atomic mass is 31.3. The molecular weight excluding hydrogens is 593 g/mol. The number of phosphoric ester groups is 1. The molecule has 1 saturated heterocycles. The normalized spacial score (nSPS) is 22.4. The Bertz CT molecular complexity index is 1540. The molecule has 2 aromatic rings. The molecule has 21 nitrogen and oxygen atoms in total. The van der Waals surface area contributed by atoms with Crippen molar-refractivity contribution in [3.05, 3.63) is 32.6 Å². The Morgan fingerprint density at radius 2 is 2.00 bits per heavy atom. The fraction of sp³-hybridized carbons (Fsp3) is 0.467. The topological polar surface area (TPSA) is 330 Å². The van der Waals surface area contributed by atoms with E-state index in [2.05, 4.69) is 45.0 Å². The Kier molecular flexibility index (Phi) is 9.73. The molecule has 2 unspecified atom stereocenters. The first-order valence-corrected chi connectivity index (χ1v) is 14.8. The lowest BCUT2D eigenvalue weighted by atomic mass is 10.2. The second-order valence-corrected chi connectivity index (χ2v) is 11.8. The van der Waals surface area contributed by atoms with E-state index in [0.717, 1.165) is 0 Å². The summed E-state index contributed by atoms with van der Waals surface area (Å²) in [6.45, 7) is -1.35. The lowest BCUT2D eigenvalue weighted by Crippen LogP contribution is -2.29. The molecule has 1 fully saturated rings. The summed E-state index contributed by atoms with van der Waals surface area (Å²) in [6.07, 6.45) is -1.82. The number of fused-ring (bicyclic) bond motifs is 1. The van der Waals surface area contributed by atoms with Crippen molar-refractivity contribution < 1.29 is 55.9 Å². The Morgan fingerprint density at radius 1 is 1.28 bits per heavy atom. The van der Waals surface area contributed by atoms with Gasteiger partial charge in [-0.3, -0.25) is 14.3 Å². The van der Waals surface area contributed by atoms with Gasteiger partial charge in [0.25, 0.3) is 5.56 Å². The largest absolute Gasteiger partial charge is 0.490 e. The summed E-state index contributed by atoms with van der Waals surface area (Å²) in [5.41, 5.74) is 19.3. The van der Waals surface area contributed by atoms with E-state index in [0.29, 0.717) is 0 Å². The summed E-state index contributed by atoms with van der Waals surface area (Å²) >= 11 is 0. The SMILES string of the molecule is [N-]=[N+]=NCO[C@H]1C[C@H](n2cc(C#CCN)c3c(=O)[nH]c(N)nc32)O[C@@H]1COP(=O)(O)OP(=O)(O)OP(=O)(O)O. The molecule has 1 aliphatic heterocycles. The molecule has 0 saturated carbocycles. The van der Waals surface area contributed by atoms with E-state index in [1.807, 2.05) is 0 Å². The zero-order valence-corrected chi connectivity index (χ0v) is 22.0. The lowest BCUT2D eigenvalue weighted by molar-refractivity contribution is -0.0581. The summed E-state index contributed by atoms with van der Waals surface area (Å²) < 4.78 is 59.1. The number of nitrogens with zero attached hydrogens (tertiary/aromatic N) is 5. The van der Waals surface area contributed by atoms with Crippen LogP contribution in [0.15, 0.2) is 16.1 Å². The molecule has 39 heavy (non-hydrogen) atoms. The van der Waals surface area contributed by atoms with Gasteiger partial charge >= 0.3 is 23.5 Å². The third kappa shape index (κ3) is 8.43. The standard InChI is InChI=1S/C15H21N8O13P3/c16-3-1-2-8-5-23(13-12(8)14(24)21-15(17)20-13)11-4-9(32-7-19-22-18)10(34-11)6-33-38(28,29)36-39(30,31)35-37(25,26)27/h5,9-11H,3-4,6-7,16H2,(H,28,29)(H,30,31)(H2,25,26,27)(H3,17,20,21,24)/t9-,10+,11+/m0/s1. The second-order valence-electron chi connectivity index (χ2n) is 7.42. The minimum absolute atomic E-state index is 0.00902. The minimum atomic E-state index is -5.74. The van der Waals surface area contributed by atoms with Crippen LogP contribution in [0.2, 0.25) is 0 Å². The van der Waals surface area contributed by atoms with Crippen molar-refractivity contribution in [3.8, 4) is 11.8 Å². The molecular formula is C15H21N8O13P3. The van der Waals surface area contributed by atoms with E-state index in [1.54, 1.807) is 0 Å². The predicted octanol–water partition coefficient (Wildman–Crippen LogP) is -0.0992. The first kappa shape index (κ1) is 30.9. The van der Waals surface area contributed by atoms with Crippen LogP contribution in [-0.2, 0) is 36.3 Å². The van der Waals surface area contributed by atoms with Crippen molar-refractivity contribution in [2.24, 2.45) is 10.8 Å². The third-order valence-corrected chi connectivity index (χ3v) is 8.55. The van der Waals surface area contributed by atoms with Gasteiger partial charge < -0.3 is 45.1 Å². The maximum atomic E-state index is 12.5. The summed E-state index contributed by atoms with van der Waals surface area (Å²) in [7, 11) is -16.8. The van der Waals surface area contributed by atoms with Gasteiger partial charge in [0.2, 0.25) is 5.95 Å². The van der Waals surface area contributed by atoms with Gasteiger partial charge in [0, 0.05) is 17.5 Å². The Hall–Kier alpha value is -2.62. The Morgan fingerprint density at radius 3 is 2.64 bits per heavy atom. The fourth-order valence-electron chi connectivity index (χ4n) is 3.46. The van der Waals surface area contributed by atoms with Gasteiger partial charge in [0.1, 0.15) is 19.1 Å². The van der Waals surface area contributed by atoms with Crippen LogP contribution in [0.3, 0.4) is 0 Å². The molecule has 2 aromatic heterocycles. The molecule has 214 valence electrons. The fourth-order valence-corrected chi connectivity index (χ4v) is 6.49. The van der Waals surface area contributed by atoms with Crippen molar-refractivity contribution in [1.82, 2.24) is 14.5 Å². The van der Waals surface area contributed by atoms with Crippen molar-refractivity contribution in [2.75, 3.05) is 25.6 Å². The number of nitrogens with one attached hydrogen (secondary N) is 1. The van der Waals surface area contributed by atoms with Crippen LogP contribution < -0.4 is 17.0 Å². The highest BCUT2D eigenvalue weighted by molar-refractivity contribution is 7.66. The highest BCUT2D eigenvalue weighted by Gasteiger charge is 2.43. The number of hydrogen-bond donors (Lipinski definition) is 7. The van der Waals surface area contributed by atoms with E-state index >= 15 is 0 Å². The first-order valence-electron chi connectivity index (χ1n) is 10.3. The molecule has 0 spiro atoms. The molecule has 5 atom stereocenters. The van der Waals surface area contributed by atoms with Crippen LogP contribution in [0.25, 0.3) is 21.5 Å². The van der Waals surface area contributed by atoms with Crippen LogP contribution in [0.1, 0.15) is 18.2 Å². The van der Waals surface area contributed by atoms with Crippen LogP contribution in [0.4, 0.5) is 5.95 Å². The van der Waals surface area contributed by atoms with Gasteiger partial charge in [-0.2, -0.15) is 13.6 Å². The lowest BCUT2D eigenvalue weighted by Gasteiger charge is -2.21. The number of anilines is 1. The van der Waals surface area contributed by atoms with Gasteiger partial charge in [-0.1, -0.05) is 17.0 Å². The van der Waals surface area contributed by atoms with Gasteiger partial charge in [0.05, 0.1) is 30.2 Å². The zero-order valence-electron chi connectivity index (χ0n) is 19.3. The molecule has 0 aromatic carbocycles. The van der Waals surface area contributed by atoms with Crippen molar-refractivity contribution in [1.29, 1.82) is 0 Å². The second kappa shape index (κ2) is 12.3. The number of ether oxygens (including phenoxy) is 2. The molecule has 9 N–H and O–H groups in total. The van der Waals surface area contributed by atoms with Gasteiger partial charge in [-0.05, 0) is 5.53 Å². The molecule has 0 radical (unpaired) electrons. The number of phosphoric acid groups is 3. The summed E-state index contributed by atoms with van der Waals surface area (Å²) in [5, 5.41) is 3.30. The summed E-state index contributed by atoms with van der Waals surface area (Å²) in [6, 6.07) is 0. The predicted molar refractivity (Wildman–Crippen MR) is 128 cm³/mol. The number of rotatable bonds is 11. The van der Waals surface area contributed by atoms with Crippen LogP contribution >= 0.6 is 23.5 Å². The van der Waals surface area contributed by atoms with Crippen molar-refractivity contribution in [2.45, 2.75) is 24.9 Å². The van der Waals surface area contributed by atoms with E-state index in [9.17, 15) is 28.3 Å². The minimum Gasteiger partial charge on any atom is -0.369 e. The molecule has 3 heterocycles. The maximum absolute atomic E-state index is 12.5. The average molecular weight is 614 g/mol. The number of aromatic amines is 1. The zero-order chi connectivity index (χ0) is 29.0. The van der Waals surface area contributed by atoms with E-state index in [1.165, 1.54) is 10.8 Å². The number of hydrogen-bond acceptors (Lipinski definition) is 13. The summed E-state index contributed by atoms with van der Waals surface area (Å²) in [4.78, 5) is 57.9. The Labute approximate surface area is 217 Å². The number of azide groups is 1. The van der Waals surface area contributed by atoms with Crippen molar-refractivity contribution >= 4 is 40.4 Å². The number of nitrogens with two attached hydrogens (primary N) is 2. The maximum Gasteiger partial charge on any atom is 0.490 e. The van der Waals surface area contributed by atoms with E-state index < -0.39 is 60.8 Å². The molecule has 0 aliphatic carbocycles. The third-order valence-electron chi connectivity index (χ3n) is 4.74. The van der Waals surface area contributed by atoms with Crippen LogP contribution in [0, 0.1) is 11.8 Å². The van der Waals surface area contributed by atoms with E-state index in [-0.39, 0.29) is 35.5 Å². The number of H-pyrrole nitrogens is 1. The van der Waals surface area contributed by atoms with Gasteiger partial charge in [-0.25, -0.2) is 13.7 Å². The number of aromatic nitrogens is 3. The summed E-state index contributed by atoms with van der Waals surface area (Å²) in [5.74, 6) is 5.12. The number of nitrogen functional groups attached to an aromatic ring is 1. The van der Waals surface area contributed by atoms with Crippen molar-refractivity contribution in [3.63, 3.8) is 0 Å². The molecule has 0 amide bonds. The smallest absolute Gasteiger partial charge is 0.369 e. The van der Waals surface area contributed by atoms with E-state index in [4.69, 9.17) is 36.3 Å². The highest BCUT2D eigenvalue weighted by Crippen LogP contribution is 2.66. The monoisotopic (exact) mass is 614 g/mol. The molecule has 24 heteroatoms. The quantitative estimate of drug-likeness (QED) is 0.0571. The van der Waals surface area contributed by atoms with Crippen LogP contribution in [0.5, 0.6) is 0 Å². The first-order chi connectivity index (χ1) is 18.1. The molecule has 1 aliphatic rings. The molecule has 3 rings (SSSR count). The van der Waals surface area contributed by atoms with Crippen LogP contribution in [-0.4, -0.2) is 66.2 Å². The average Bonchev–Trinajstić information content (AvgIpc) is 3.35. The Balaban J connectivity index is 1.87. The molecule has 0 bridgehead atoms.